The Hall–Kier alpha value is -1.73. The fourth-order valence-corrected chi connectivity index (χ4v) is 5.06. The molecule has 154 valence electrons. The lowest BCUT2D eigenvalue weighted by Gasteiger charge is -2.40. The summed E-state index contributed by atoms with van der Waals surface area (Å²) >= 11 is 0. The summed E-state index contributed by atoms with van der Waals surface area (Å²) in [4.78, 5) is 25.8. The smallest absolute Gasteiger partial charge is 0.267 e. The van der Waals surface area contributed by atoms with Crippen LogP contribution in [0.2, 0.25) is 0 Å². The Balaban J connectivity index is 1.30. The summed E-state index contributed by atoms with van der Waals surface area (Å²) < 4.78 is 1.72. The van der Waals surface area contributed by atoms with E-state index < -0.39 is 5.60 Å². The van der Waals surface area contributed by atoms with Crippen LogP contribution in [0.1, 0.15) is 69.2 Å². The maximum absolute atomic E-state index is 12.4. The molecule has 2 N–H and O–H groups in total. The fraction of sp³-hybridized carbons (Fsp3) is 0.762. The lowest BCUT2D eigenvalue weighted by molar-refractivity contribution is -0.135. The number of aromatic nitrogens is 2. The van der Waals surface area contributed by atoms with Crippen molar-refractivity contribution in [3.05, 3.63) is 27.7 Å². The minimum atomic E-state index is -0.834. The molecule has 7 heteroatoms. The Kier molecular flexibility index (Phi) is 5.56. The number of piperidine rings is 1. The second kappa shape index (κ2) is 7.95. The largest absolute Gasteiger partial charge is 0.387 e. The minimum absolute atomic E-state index is 0.0333. The summed E-state index contributed by atoms with van der Waals surface area (Å²) in [7, 11) is 0. The number of aliphatic hydroxyl groups is 1. The van der Waals surface area contributed by atoms with E-state index in [1.165, 1.54) is 0 Å². The van der Waals surface area contributed by atoms with Crippen molar-refractivity contribution in [2.24, 2.45) is 0 Å². The van der Waals surface area contributed by atoms with Crippen LogP contribution in [0, 0.1) is 0 Å². The Morgan fingerprint density at radius 3 is 2.82 bits per heavy atom. The van der Waals surface area contributed by atoms with Crippen LogP contribution in [0.4, 0.5) is 0 Å². The van der Waals surface area contributed by atoms with Gasteiger partial charge < -0.3 is 15.3 Å². The Bertz CT molecular complexity index is 784. The third-order valence-corrected chi connectivity index (χ3v) is 6.75. The molecule has 2 heterocycles. The van der Waals surface area contributed by atoms with Gasteiger partial charge in [-0.2, -0.15) is 5.10 Å². The first-order chi connectivity index (χ1) is 13.4. The fourth-order valence-electron chi connectivity index (χ4n) is 5.06. The van der Waals surface area contributed by atoms with Crippen molar-refractivity contribution in [2.75, 3.05) is 19.6 Å². The predicted molar refractivity (Wildman–Crippen MR) is 106 cm³/mol. The van der Waals surface area contributed by atoms with E-state index in [0.29, 0.717) is 19.1 Å². The molecule has 0 spiro atoms. The van der Waals surface area contributed by atoms with E-state index in [2.05, 4.69) is 10.4 Å². The average molecular weight is 389 g/mol. The van der Waals surface area contributed by atoms with Crippen molar-refractivity contribution in [3.63, 3.8) is 0 Å². The monoisotopic (exact) mass is 388 g/mol. The van der Waals surface area contributed by atoms with Gasteiger partial charge >= 0.3 is 0 Å². The molecule has 7 nitrogen and oxygen atoms in total. The van der Waals surface area contributed by atoms with Crippen LogP contribution in [-0.4, -0.2) is 57.0 Å². The Labute approximate surface area is 166 Å². The second-order valence-corrected chi connectivity index (χ2v) is 8.91. The highest BCUT2D eigenvalue weighted by Gasteiger charge is 2.35. The van der Waals surface area contributed by atoms with Gasteiger partial charge in [0.2, 0.25) is 5.91 Å². The molecule has 1 unspecified atom stereocenters. The zero-order valence-electron chi connectivity index (χ0n) is 16.8. The van der Waals surface area contributed by atoms with Crippen LogP contribution in [-0.2, 0) is 17.6 Å². The van der Waals surface area contributed by atoms with Crippen molar-refractivity contribution >= 4 is 5.91 Å². The maximum atomic E-state index is 12.4. The summed E-state index contributed by atoms with van der Waals surface area (Å²) in [5.74, 6) is 0.0333. The summed E-state index contributed by atoms with van der Waals surface area (Å²) in [6, 6.07) is 2.32. The zero-order valence-corrected chi connectivity index (χ0v) is 16.8. The average Bonchev–Trinajstić information content (AvgIpc) is 3.13. The summed E-state index contributed by atoms with van der Waals surface area (Å²) in [5, 5.41) is 19.1. The number of hydrogen-bond acceptors (Lipinski definition) is 5. The van der Waals surface area contributed by atoms with E-state index in [1.54, 1.807) is 22.6 Å². The standard InChI is InChI=1S/C21H32N4O3/c1-15(26)24-11-3-10-21(28,14-24)13-22-17-6-8-18(9-7-17)25-20(27)12-16-4-2-5-19(16)23-25/h12,17-18,22,28H,2-11,13-14H2,1H3. The van der Waals surface area contributed by atoms with E-state index in [4.69, 9.17) is 0 Å². The molecule has 1 aromatic heterocycles. The SMILES string of the molecule is CC(=O)N1CCCC(O)(CNC2CCC(n3nc4c(cc3=O)CCC4)CC2)C1. The predicted octanol–water partition coefficient (Wildman–Crippen LogP) is 1.18. The van der Waals surface area contributed by atoms with Crippen molar-refractivity contribution in [3.8, 4) is 0 Å². The quantitative estimate of drug-likeness (QED) is 0.809. The third-order valence-electron chi connectivity index (χ3n) is 6.75. The van der Waals surface area contributed by atoms with Gasteiger partial charge in [-0.15, -0.1) is 0 Å². The van der Waals surface area contributed by atoms with Gasteiger partial charge in [0.05, 0.1) is 23.9 Å². The molecule has 1 atom stereocenters. The Morgan fingerprint density at radius 2 is 2.07 bits per heavy atom. The van der Waals surface area contributed by atoms with Crippen molar-refractivity contribution < 1.29 is 9.90 Å². The van der Waals surface area contributed by atoms with Crippen molar-refractivity contribution in [1.82, 2.24) is 20.0 Å². The summed E-state index contributed by atoms with van der Waals surface area (Å²) in [6.07, 6.45) is 8.46. The number of carbonyl (C=O) groups is 1. The van der Waals surface area contributed by atoms with Gasteiger partial charge in [-0.05, 0) is 63.4 Å². The molecule has 1 saturated carbocycles. The van der Waals surface area contributed by atoms with Crippen LogP contribution in [0.15, 0.2) is 10.9 Å². The molecular weight excluding hydrogens is 356 g/mol. The topological polar surface area (TPSA) is 87.5 Å². The summed E-state index contributed by atoms with van der Waals surface area (Å²) in [6.45, 7) is 3.24. The molecule has 3 aliphatic rings. The van der Waals surface area contributed by atoms with Crippen LogP contribution in [0.3, 0.4) is 0 Å². The van der Waals surface area contributed by atoms with Gasteiger partial charge in [0.1, 0.15) is 0 Å². The van der Waals surface area contributed by atoms with Crippen LogP contribution in [0.5, 0.6) is 0 Å². The van der Waals surface area contributed by atoms with Gasteiger partial charge in [-0.3, -0.25) is 9.59 Å². The van der Waals surface area contributed by atoms with Crippen LogP contribution < -0.4 is 10.9 Å². The molecule has 0 aromatic carbocycles. The van der Waals surface area contributed by atoms with Crippen LogP contribution >= 0.6 is 0 Å². The van der Waals surface area contributed by atoms with Crippen molar-refractivity contribution in [2.45, 2.75) is 82.4 Å². The van der Waals surface area contributed by atoms with Crippen LogP contribution in [0.25, 0.3) is 0 Å². The lowest BCUT2D eigenvalue weighted by atomic mass is 9.89. The van der Waals surface area contributed by atoms with E-state index in [9.17, 15) is 14.7 Å². The highest BCUT2D eigenvalue weighted by molar-refractivity contribution is 5.73. The molecule has 2 fully saturated rings. The molecule has 1 amide bonds. The number of nitrogens with one attached hydrogen (secondary N) is 1. The number of carbonyl (C=O) groups excluding carboxylic acids is 1. The molecule has 0 radical (unpaired) electrons. The molecule has 1 aromatic rings. The number of amides is 1. The molecular formula is C21H32N4O3. The van der Waals surface area contributed by atoms with Gasteiger partial charge in [0.25, 0.3) is 5.56 Å². The van der Waals surface area contributed by atoms with E-state index >= 15 is 0 Å². The van der Waals surface area contributed by atoms with E-state index in [-0.39, 0.29) is 17.5 Å². The first-order valence-corrected chi connectivity index (χ1v) is 10.8. The first-order valence-electron chi connectivity index (χ1n) is 10.8. The molecule has 1 aliphatic heterocycles. The van der Waals surface area contributed by atoms with E-state index in [1.807, 2.05) is 0 Å². The number of likely N-dealkylation sites (tertiary alicyclic amines) is 1. The number of aryl methyl sites for hydroxylation is 2. The second-order valence-electron chi connectivity index (χ2n) is 8.91. The number of rotatable bonds is 4. The first kappa shape index (κ1) is 19.6. The van der Waals surface area contributed by atoms with Gasteiger partial charge in [0.15, 0.2) is 0 Å². The number of fused-ring (bicyclic) bond motifs is 1. The highest BCUT2D eigenvalue weighted by Crippen LogP contribution is 2.29. The number of hydrogen-bond donors (Lipinski definition) is 2. The van der Waals surface area contributed by atoms with Crippen molar-refractivity contribution in [1.29, 1.82) is 0 Å². The number of β-amino-alcohol motifs (C(OH)–C–C–N with tert-alkyl or cyclic N) is 1. The molecule has 2 aliphatic carbocycles. The lowest BCUT2D eigenvalue weighted by Crippen LogP contribution is -2.56. The van der Waals surface area contributed by atoms with Gasteiger partial charge in [-0.25, -0.2) is 4.68 Å². The normalized spacial score (nSPS) is 30.3. The third kappa shape index (κ3) is 4.15. The van der Waals surface area contributed by atoms with Gasteiger partial charge in [0, 0.05) is 32.1 Å². The molecule has 28 heavy (non-hydrogen) atoms. The minimum Gasteiger partial charge on any atom is -0.387 e. The zero-order chi connectivity index (χ0) is 19.7. The Morgan fingerprint density at radius 1 is 1.29 bits per heavy atom. The highest BCUT2D eigenvalue weighted by atomic mass is 16.3. The van der Waals surface area contributed by atoms with Gasteiger partial charge in [-0.1, -0.05) is 0 Å². The molecule has 0 bridgehead atoms. The maximum Gasteiger partial charge on any atom is 0.267 e. The molecule has 4 rings (SSSR count). The number of nitrogens with zero attached hydrogens (tertiary/aromatic N) is 3. The summed E-state index contributed by atoms with van der Waals surface area (Å²) in [5.41, 5.74) is 1.45. The van der Waals surface area contributed by atoms with E-state index in [0.717, 1.165) is 75.6 Å². The molecule has 1 saturated heterocycles.